The van der Waals surface area contributed by atoms with E-state index in [9.17, 15) is 18.0 Å². The second-order valence-electron chi connectivity index (χ2n) is 6.82. The van der Waals surface area contributed by atoms with Gasteiger partial charge in [-0.15, -0.1) is 0 Å². The lowest BCUT2D eigenvalue weighted by Gasteiger charge is -2.22. The van der Waals surface area contributed by atoms with Crippen LogP contribution in [0.3, 0.4) is 0 Å². The minimum Gasteiger partial charge on any atom is -0.475 e. The van der Waals surface area contributed by atoms with E-state index >= 15 is 0 Å². The number of alkyl halides is 3. The lowest BCUT2D eigenvalue weighted by atomic mass is 9.92. The summed E-state index contributed by atoms with van der Waals surface area (Å²) in [6.07, 6.45) is -1.73. The molecule has 2 atom stereocenters. The van der Waals surface area contributed by atoms with Crippen molar-refractivity contribution < 1.29 is 37.1 Å². The number of carboxylic acids is 1. The molecule has 0 spiro atoms. The standard InChI is InChI=1S/C14H21N3O3.C2HF3O2/c1-10-5-12(16-20-10)7-19-8-13(18)17-6-11-3-2-4-14(11,15)9-17;3-2(4,5)1(6)7/h5,11H,2-4,6-9,15H2,1H3;(H,6,7). The number of rotatable bonds is 4. The molecule has 152 valence electrons. The highest BCUT2D eigenvalue weighted by molar-refractivity contribution is 5.78. The molecule has 11 heteroatoms. The summed E-state index contributed by atoms with van der Waals surface area (Å²) in [4.78, 5) is 22.9. The predicted molar refractivity (Wildman–Crippen MR) is 85.4 cm³/mol. The number of hydrogen-bond donors (Lipinski definition) is 2. The van der Waals surface area contributed by atoms with Crippen molar-refractivity contribution in [1.29, 1.82) is 0 Å². The minimum absolute atomic E-state index is 0.0180. The summed E-state index contributed by atoms with van der Waals surface area (Å²) in [5.41, 5.74) is 6.92. The molecule has 27 heavy (non-hydrogen) atoms. The zero-order valence-corrected chi connectivity index (χ0v) is 14.8. The van der Waals surface area contributed by atoms with Crippen molar-refractivity contribution in [3.8, 4) is 0 Å². The number of carbonyl (C=O) groups excluding carboxylic acids is 1. The molecule has 1 saturated carbocycles. The Kier molecular flexibility index (Phi) is 6.47. The molecule has 3 rings (SSSR count). The molecule has 1 aliphatic carbocycles. The topological polar surface area (TPSA) is 119 Å². The van der Waals surface area contributed by atoms with Crippen LogP contribution >= 0.6 is 0 Å². The van der Waals surface area contributed by atoms with Crippen molar-refractivity contribution >= 4 is 11.9 Å². The summed E-state index contributed by atoms with van der Waals surface area (Å²) in [5.74, 6) is -1.53. The number of nitrogens with two attached hydrogens (primary N) is 1. The van der Waals surface area contributed by atoms with Crippen molar-refractivity contribution in [2.75, 3.05) is 19.7 Å². The lowest BCUT2D eigenvalue weighted by molar-refractivity contribution is -0.192. The van der Waals surface area contributed by atoms with Crippen LogP contribution in [-0.4, -0.2) is 58.5 Å². The fourth-order valence-corrected chi connectivity index (χ4v) is 3.35. The lowest BCUT2D eigenvalue weighted by Crippen LogP contribution is -2.45. The molecule has 1 saturated heterocycles. The minimum atomic E-state index is -5.08. The predicted octanol–water partition coefficient (Wildman–Crippen LogP) is 1.47. The van der Waals surface area contributed by atoms with Crippen LogP contribution in [0.5, 0.6) is 0 Å². The molecular weight excluding hydrogens is 371 g/mol. The van der Waals surface area contributed by atoms with Crippen molar-refractivity contribution in [3.05, 3.63) is 17.5 Å². The quantitative estimate of drug-likeness (QED) is 0.795. The number of aliphatic carboxylic acids is 1. The number of amides is 1. The van der Waals surface area contributed by atoms with Crippen LogP contribution in [-0.2, 0) is 20.9 Å². The van der Waals surface area contributed by atoms with E-state index in [1.165, 1.54) is 6.42 Å². The molecule has 2 aliphatic rings. The van der Waals surface area contributed by atoms with Gasteiger partial charge in [-0.05, 0) is 25.7 Å². The van der Waals surface area contributed by atoms with Crippen LogP contribution in [0.25, 0.3) is 0 Å². The van der Waals surface area contributed by atoms with Gasteiger partial charge in [-0.25, -0.2) is 4.79 Å². The van der Waals surface area contributed by atoms with Gasteiger partial charge in [0.25, 0.3) is 0 Å². The van der Waals surface area contributed by atoms with Gasteiger partial charge in [0.2, 0.25) is 5.91 Å². The second-order valence-corrected chi connectivity index (χ2v) is 6.82. The normalized spacial score (nSPS) is 24.3. The van der Waals surface area contributed by atoms with Crippen LogP contribution in [0.2, 0.25) is 0 Å². The van der Waals surface area contributed by atoms with Crippen LogP contribution < -0.4 is 5.73 Å². The highest BCUT2D eigenvalue weighted by Gasteiger charge is 2.47. The largest absolute Gasteiger partial charge is 0.490 e. The van der Waals surface area contributed by atoms with Gasteiger partial charge in [0.05, 0.1) is 6.61 Å². The molecule has 1 aliphatic heterocycles. The summed E-state index contributed by atoms with van der Waals surface area (Å²) in [5, 5.41) is 10.9. The number of hydrogen-bond acceptors (Lipinski definition) is 6. The first kappa shape index (κ1) is 21.2. The smallest absolute Gasteiger partial charge is 0.475 e. The number of likely N-dealkylation sites (tertiary alicyclic amines) is 1. The Hall–Kier alpha value is -2.14. The maximum absolute atomic E-state index is 12.1. The Bertz CT molecular complexity index is 679. The zero-order valence-electron chi connectivity index (χ0n) is 14.8. The van der Waals surface area contributed by atoms with Gasteiger partial charge in [-0.2, -0.15) is 13.2 Å². The third-order valence-electron chi connectivity index (χ3n) is 4.68. The Morgan fingerprint density at radius 1 is 1.52 bits per heavy atom. The number of ether oxygens (including phenoxy) is 1. The van der Waals surface area contributed by atoms with Crippen molar-refractivity contribution in [1.82, 2.24) is 10.1 Å². The van der Waals surface area contributed by atoms with E-state index in [2.05, 4.69) is 5.16 Å². The van der Waals surface area contributed by atoms with E-state index in [-0.39, 0.29) is 18.1 Å². The summed E-state index contributed by atoms with van der Waals surface area (Å²) in [6.45, 7) is 3.65. The maximum atomic E-state index is 12.1. The van der Waals surface area contributed by atoms with E-state index < -0.39 is 12.1 Å². The first-order valence-corrected chi connectivity index (χ1v) is 8.38. The Morgan fingerprint density at radius 2 is 2.19 bits per heavy atom. The molecule has 3 N–H and O–H groups in total. The average Bonchev–Trinajstić information content (AvgIpc) is 3.20. The van der Waals surface area contributed by atoms with Crippen LogP contribution in [0, 0.1) is 12.8 Å². The molecule has 1 aromatic rings. The van der Waals surface area contributed by atoms with Gasteiger partial charge in [0.1, 0.15) is 18.1 Å². The molecule has 2 heterocycles. The zero-order chi connectivity index (χ0) is 20.2. The van der Waals surface area contributed by atoms with E-state index in [1.807, 2.05) is 11.8 Å². The average molecular weight is 393 g/mol. The molecule has 2 fully saturated rings. The number of aryl methyl sites for hydroxylation is 1. The Balaban J connectivity index is 0.000000321. The number of nitrogens with zero attached hydrogens (tertiary/aromatic N) is 2. The number of carboxylic acid groups (broad SMARTS) is 1. The number of carbonyl (C=O) groups is 2. The van der Waals surface area contributed by atoms with Gasteiger partial charge in [0, 0.05) is 24.7 Å². The van der Waals surface area contributed by atoms with E-state index in [0.29, 0.717) is 24.8 Å². The number of fused-ring (bicyclic) bond motifs is 1. The maximum Gasteiger partial charge on any atom is 0.490 e. The van der Waals surface area contributed by atoms with Gasteiger partial charge in [0.15, 0.2) is 0 Å². The molecule has 1 aromatic heterocycles. The van der Waals surface area contributed by atoms with Gasteiger partial charge < -0.3 is 25.0 Å². The number of halogens is 3. The monoisotopic (exact) mass is 393 g/mol. The van der Waals surface area contributed by atoms with E-state index in [1.54, 1.807) is 6.07 Å². The second kappa shape index (κ2) is 8.26. The first-order chi connectivity index (χ1) is 12.5. The fraction of sp³-hybridized carbons (Fsp3) is 0.688. The molecule has 0 aromatic carbocycles. The molecular formula is C16H22F3N3O5. The first-order valence-electron chi connectivity index (χ1n) is 8.38. The van der Waals surface area contributed by atoms with Crippen LogP contribution in [0.4, 0.5) is 13.2 Å². The Labute approximate surface area is 153 Å². The molecule has 1 amide bonds. The third-order valence-corrected chi connectivity index (χ3v) is 4.68. The third kappa shape index (κ3) is 5.67. The molecule has 0 bridgehead atoms. The highest BCUT2D eigenvalue weighted by Crippen LogP contribution is 2.39. The summed E-state index contributed by atoms with van der Waals surface area (Å²) < 4.78 is 42.1. The summed E-state index contributed by atoms with van der Waals surface area (Å²) in [7, 11) is 0. The summed E-state index contributed by atoms with van der Waals surface area (Å²) in [6, 6.07) is 1.81. The molecule has 2 unspecified atom stereocenters. The van der Waals surface area contributed by atoms with Gasteiger partial charge in [-0.3, -0.25) is 4.79 Å². The van der Waals surface area contributed by atoms with E-state index in [4.69, 9.17) is 24.9 Å². The molecule has 0 radical (unpaired) electrons. The van der Waals surface area contributed by atoms with Crippen LogP contribution in [0.15, 0.2) is 10.6 Å². The summed E-state index contributed by atoms with van der Waals surface area (Å²) >= 11 is 0. The van der Waals surface area contributed by atoms with Crippen molar-refractivity contribution in [3.63, 3.8) is 0 Å². The SMILES string of the molecule is Cc1cc(COCC(=O)N2CC3CCCC3(N)C2)no1.O=C(O)C(F)(F)F. The number of aromatic nitrogens is 1. The molecule has 8 nitrogen and oxygen atoms in total. The van der Waals surface area contributed by atoms with Crippen LogP contribution in [0.1, 0.15) is 30.7 Å². The van der Waals surface area contributed by atoms with Gasteiger partial charge in [-0.1, -0.05) is 11.6 Å². The van der Waals surface area contributed by atoms with E-state index in [0.717, 1.165) is 25.1 Å². The fourth-order valence-electron chi connectivity index (χ4n) is 3.35. The van der Waals surface area contributed by atoms with Crippen molar-refractivity contribution in [2.24, 2.45) is 11.7 Å². The van der Waals surface area contributed by atoms with Crippen molar-refractivity contribution in [2.45, 2.75) is 44.5 Å². The highest BCUT2D eigenvalue weighted by atomic mass is 19.4. The van der Waals surface area contributed by atoms with Gasteiger partial charge >= 0.3 is 12.1 Å². The Morgan fingerprint density at radius 3 is 2.70 bits per heavy atom.